The summed E-state index contributed by atoms with van der Waals surface area (Å²) in [6.45, 7) is 1.96. The number of nitrogens with zero attached hydrogens (tertiary/aromatic N) is 3. The van der Waals surface area contributed by atoms with Crippen molar-refractivity contribution in [2.24, 2.45) is 0 Å². The number of hydrogen-bond acceptors (Lipinski definition) is 4. The van der Waals surface area contributed by atoms with Crippen LogP contribution in [-0.4, -0.2) is 28.7 Å². The van der Waals surface area contributed by atoms with Gasteiger partial charge in [-0.3, -0.25) is 4.90 Å². The fraction of sp³-hybridized carbons (Fsp3) is 0.375. The molecule has 15 heavy (non-hydrogen) atoms. The molecule has 0 bridgehead atoms. The third kappa shape index (κ3) is 1.85. The van der Waals surface area contributed by atoms with E-state index in [0.29, 0.717) is 0 Å². The van der Waals surface area contributed by atoms with Crippen molar-refractivity contribution in [1.82, 2.24) is 9.97 Å². The molecule has 0 radical (unpaired) electrons. The van der Waals surface area contributed by atoms with E-state index in [-0.39, 0.29) is 23.8 Å². The van der Waals surface area contributed by atoms with E-state index in [1.54, 1.807) is 6.92 Å². The Kier molecular flexibility index (Phi) is 2.44. The van der Waals surface area contributed by atoms with E-state index in [9.17, 15) is 9.18 Å². The summed E-state index contributed by atoms with van der Waals surface area (Å²) in [5, 5.41) is -0.112. The van der Waals surface area contributed by atoms with Crippen LogP contribution in [0.3, 0.4) is 0 Å². The molecule has 1 saturated heterocycles. The van der Waals surface area contributed by atoms with Gasteiger partial charge in [-0.15, -0.1) is 0 Å². The first-order valence-electron chi connectivity index (χ1n) is 4.24. The molecule has 1 aliphatic heterocycles. The quantitative estimate of drug-likeness (QED) is 0.689. The summed E-state index contributed by atoms with van der Waals surface area (Å²) in [4.78, 5) is 19.5. The van der Waals surface area contributed by atoms with E-state index in [4.69, 9.17) is 16.3 Å². The van der Waals surface area contributed by atoms with Crippen LogP contribution in [0.5, 0.6) is 0 Å². The lowest BCUT2D eigenvalue weighted by Crippen LogP contribution is -2.26. The first-order valence-corrected chi connectivity index (χ1v) is 4.62. The second-order valence-electron chi connectivity index (χ2n) is 3.12. The molecular weight excluding hydrogens is 225 g/mol. The fourth-order valence-electron chi connectivity index (χ4n) is 1.30. The molecule has 0 aromatic carbocycles. The molecule has 5 nitrogen and oxygen atoms in total. The first-order chi connectivity index (χ1) is 7.08. The van der Waals surface area contributed by atoms with E-state index in [2.05, 4.69) is 9.97 Å². The topological polar surface area (TPSA) is 55.3 Å². The van der Waals surface area contributed by atoms with Gasteiger partial charge in [0.25, 0.3) is 0 Å². The molecule has 80 valence electrons. The smallest absolute Gasteiger partial charge is 0.416 e. The van der Waals surface area contributed by atoms with Crippen LogP contribution < -0.4 is 4.90 Å². The number of carbonyl (C=O) groups excluding carboxylic acids is 1. The van der Waals surface area contributed by atoms with Crippen LogP contribution in [0.2, 0.25) is 5.28 Å². The average Bonchev–Trinajstić information content (AvgIpc) is 2.50. The number of aromatic nitrogens is 2. The normalized spacial score (nSPS) is 20.6. The highest BCUT2D eigenvalue weighted by molar-refractivity contribution is 6.28. The fourth-order valence-corrected chi connectivity index (χ4v) is 1.43. The van der Waals surface area contributed by atoms with Crippen LogP contribution in [0, 0.1) is 5.82 Å². The highest BCUT2D eigenvalue weighted by Crippen LogP contribution is 2.22. The Hall–Kier alpha value is -1.43. The van der Waals surface area contributed by atoms with Crippen LogP contribution in [-0.2, 0) is 4.74 Å². The zero-order valence-electron chi connectivity index (χ0n) is 7.78. The van der Waals surface area contributed by atoms with Gasteiger partial charge < -0.3 is 4.74 Å². The zero-order chi connectivity index (χ0) is 11.0. The molecule has 0 aliphatic carbocycles. The van der Waals surface area contributed by atoms with Crippen LogP contribution in [0.25, 0.3) is 0 Å². The van der Waals surface area contributed by atoms with Crippen molar-refractivity contribution in [3.05, 3.63) is 17.3 Å². The molecule has 0 saturated carbocycles. The standard InChI is InChI=1S/C8H7ClFN3O2/c1-4-3-13(8(14)15-4)6-5(10)2-11-7(9)12-6/h2,4H,3H2,1H3. The van der Waals surface area contributed by atoms with Crippen LogP contribution in [0.15, 0.2) is 6.20 Å². The Morgan fingerprint density at radius 2 is 2.47 bits per heavy atom. The monoisotopic (exact) mass is 231 g/mol. The molecule has 1 fully saturated rings. The van der Waals surface area contributed by atoms with Gasteiger partial charge in [-0.05, 0) is 18.5 Å². The zero-order valence-corrected chi connectivity index (χ0v) is 8.53. The van der Waals surface area contributed by atoms with E-state index >= 15 is 0 Å². The summed E-state index contributed by atoms with van der Waals surface area (Å²) >= 11 is 5.51. The highest BCUT2D eigenvalue weighted by atomic mass is 35.5. The summed E-state index contributed by atoms with van der Waals surface area (Å²) in [6.07, 6.45) is 0.00260. The summed E-state index contributed by atoms with van der Waals surface area (Å²) in [5.41, 5.74) is 0. The van der Waals surface area contributed by atoms with Gasteiger partial charge in [0.1, 0.15) is 6.10 Å². The lowest BCUT2D eigenvalue weighted by atomic mass is 10.4. The van der Waals surface area contributed by atoms with Crippen LogP contribution >= 0.6 is 11.6 Å². The lowest BCUT2D eigenvalue weighted by Gasteiger charge is -2.11. The lowest BCUT2D eigenvalue weighted by molar-refractivity contribution is 0.149. The molecule has 0 N–H and O–H groups in total. The second-order valence-corrected chi connectivity index (χ2v) is 3.45. The number of rotatable bonds is 1. The van der Waals surface area contributed by atoms with Gasteiger partial charge in [0.15, 0.2) is 11.6 Å². The van der Waals surface area contributed by atoms with Gasteiger partial charge in [0, 0.05) is 0 Å². The Morgan fingerprint density at radius 1 is 1.73 bits per heavy atom. The molecule has 1 aromatic rings. The summed E-state index contributed by atoms with van der Waals surface area (Å²) in [6, 6.07) is 0. The van der Waals surface area contributed by atoms with Gasteiger partial charge in [-0.1, -0.05) is 0 Å². The molecule has 1 amide bonds. The van der Waals surface area contributed by atoms with E-state index < -0.39 is 11.9 Å². The van der Waals surface area contributed by atoms with Gasteiger partial charge in [-0.2, -0.15) is 4.98 Å². The molecule has 7 heteroatoms. The summed E-state index contributed by atoms with van der Waals surface area (Å²) in [5.74, 6) is -0.852. The van der Waals surface area contributed by atoms with E-state index in [1.165, 1.54) is 0 Å². The Bertz CT molecular complexity index is 415. The van der Waals surface area contributed by atoms with Gasteiger partial charge in [0.05, 0.1) is 12.7 Å². The predicted octanol–water partition coefficient (Wildman–Crippen LogP) is 1.61. The molecule has 1 aliphatic rings. The molecule has 1 unspecified atom stereocenters. The van der Waals surface area contributed by atoms with Gasteiger partial charge in [-0.25, -0.2) is 14.2 Å². The molecule has 1 atom stereocenters. The third-order valence-electron chi connectivity index (χ3n) is 1.91. The summed E-state index contributed by atoms with van der Waals surface area (Å²) < 4.78 is 18.1. The minimum Gasteiger partial charge on any atom is -0.444 e. The number of hydrogen-bond donors (Lipinski definition) is 0. The number of carbonyl (C=O) groups is 1. The Labute approximate surface area is 89.8 Å². The van der Waals surface area contributed by atoms with Crippen molar-refractivity contribution in [1.29, 1.82) is 0 Å². The Morgan fingerprint density at radius 3 is 3.07 bits per heavy atom. The molecule has 1 aromatic heterocycles. The molecule has 0 spiro atoms. The maximum atomic E-state index is 13.3. The molecular formula is C8H7ClFN3O2. The Balaban J connectivity index is 2.37. The third-order valence-corrected chi connectivity index (χ3v) is 2.10. The number of ether oxygens (including phenoxy) is 1. The second kappa shape index (κ2) is 3.62. The van der Waals surface area contributed by atoms with Gasteiger partial charge in [0.2, 0.25) is 5.28 Å². The van der Waals surface area contributed by atoms with Crippen molar-refractivity contribution in [3.63, 3.8) is 0 Å². The maximum absolute atomic E-state index is 13.3. The number of cyclic esters (lactones) is 1. The molecule has 2 rings (SSSR count). The van der Waals surface area contributed by atoms with Crippen molar-refractivity contribution in [2.75, 3.05) is 11.4 Å². The number of amides is 1. The average molecular weight is 232 g/mol. The van der Waals surface area contributed by atoms with Crippen molar-refractivity contribution >= 4 is 23.5 Å². The van der Waals surface area contributed by atoms with E-state index in [1.807, 2.05) is 0 Å². The first kappa shape index (κ1) is 10.1. The predicted molar refractivity (Wildman–Crippen MR) is 50.3 cm³/mol. The van der Waals surface area contributed by atoms with Crippen molar-refractivity contribution in [2.45, 2.75) is 13.0 Å². The minimum atomic E-state index is -0.703. The van der Waals surface area contributed by atoms with Crippen molar-refractivity contribution in [3.8, 4) is 0 Å². The molecule has 2 heterocycles. The van der Waals surface area contributed by atoms with Crippen LogP contribution in [0.4, 0.5) is 15.0 Å². The van der Waals surface area contributed by atoms with Crippen LogP contribution in [0.1, 0.15) is 6.92 Å². The van der Waals surface area contributed by atoms with Gasteiger partial charge >= 0.3 is 6.09 Å². The number of halogens is 2. The maximum Gasteiger partial charge on any atom is 0.416 e. The van der Waals surface area contributed by atoms with Crippen molar-refractivity contribution < 1.29 is 13.9 Å². The minimum absolute atomic E-state index is 0.112. The van der Waals surface area contributed by atoms with E-state index in [0.717, 1.165) is 11.1 Å². The summed E-state index contributed by atoms with van der Waals surface area (Å²) in [7, 11) is 0. The highest BCUT2D eigenvalue weighted by Gasteiger charge is 2.32. The largest absolute Gasteiger partial charge is 0.444 e. The SMILES string of the molecule is CC1CN(c2nc(Cl)ncc2F)C(=O)O1. The number of anilines is 1.